The van der Waals surface area contributed by atoms with Crippen molar-refractivity contribution in [3.05, 3.63) is 388 Å². The number of rotatable bonds is 8. The van der Waals surface area contributed by atoms with Crippen molar-refractivity contribution in [2.45, 2.75) is 0 Å². The van der Waals surface area contributed by atoms with Crippen LogP contribution in [-0.2, 0) is 0 Å². The summed E-state index contributed by atoms with van der Waals surface area (Å²) in [6, 6.07) is 142. The molecule has 22 aromatic rings. The summed E-state index contributed by atoms with van der Waals surface area (Å²) in [4.78, 5) is 0. The number of para-hydroxylation sites is 8. The minimum atomic E-state index is 1.17. The van der Waals surface area contributed by atoms with Crippen LogP contribution in [0.15, 0.2) is 388 Å². The van der Waals surface area contributed by atoms with Gasteiger partial charge in [-0.05, 0) is 203 Å². The number of benzene rings is 18. The zero-order chi connectivity index (χ0) is 68.3. The molecule has 0 aliphatic heterocycles. The number of hydrogen-bond acceptors (Lipinski definition) is 0. The van der Waals surface area contributed by atoms with Gasteiger partial charge in [0.05, 0.1) is 44.1 Å². The topological polar surface area (TPSA) is 19.7 Å². The molecule has 0 aliphatic carbocycles. The van der Waals surface area contributed by atoms with Gasteiger partial charge in [-0.2, -0.15) is 0 Å². The molecule has 4 heterocycles. The summed E-state index contributed by atoms with van der Waals surface area (Å²) in [5.74, 6) is 0. The Morgan fingerprint density at radius 2 is 0.298 bits per heavy atom. The normalized spacial score (nSPS) is 11.8. The van der Waals surface area contributed by atoms with Crippen LogP contribution in [0.2, 0.25) is 0 Å². The second-order valence-electron chi connectivity index (χ2n) is 27.4. The summed E-state index contributed by atoms with van der Waals surface area (Å²) in [5, 5.41) is 20.1. The molecule has 0 aliphatic rings. The lowest BCUT2D eigenvalue weighted by molar-refractivity contribution is 1.18. The van der Waals surface area contributed by atoms with Gasteiger partial charge in [0.25, 0.3) is 0 Å². The maximum absolute atomic E-state index is 2.41. The molecular weight excluding hydrogens is 1260 g/mol. The lowest BCUT2D eigenvalue weighted by Crippen LogP contribution is -1.94. The third-order valence-corrected chi connectivity index (χ3v) is 21.8. The fourth-order valence-corrected chi connectivity index (χ4v) is 17.4. The standard InChI is InChI=1S/2C50H32N2/c1-3-15-35(16-4-1)51-46-26-14-12-20-38(46)44-31-33(28-30-47(44)51)49-40-21-7-9-23-42(40)50(43-24-10-8-22-41(43)49)34-27-29-39-37-19-11-13-25-45(37)52(48(39)32-34)36-17-5-2-6-18-36;1-3-15-35(16-4-1)51-45-25-13-11-19-37(45)43-31-33(27-29-47(43)51)49-39-21-7-9-23-41(39)50(42-24-10-8-22-40(42)49)34-28-30-48-44(32-34)38-20-12-14-26-46(38)52(48)36-17-5-2-6-18-36/h2*1-32H. The lowest BCUT2D eigenvalue weighted by Gasteiger charge is -2.18. The van der Waals surface area contributed by atoms with Gasteiger partial charge in [0, 0.05) is 65.8 Å². The number of hydrogen-bond donors (Lipinski definition) is 0. The Morgan fingerprint density at radius 3 is 0.567 bits per heavy atom. The van der Waals surface area contributed by atoms with E-state index in [1.54, 1.807) is 0 Å². The summed E-state index contributed by atoms with van der Waals surface area (Å²) < 4.78 is 9.57. The Bertz CT molecular complexity index is 6860. The van der Waals surface area contributed by atoms with E-state index in [-0.39, 0.29) is 0 Å². The number of nitrogens with zero attached hydrogens (tertiary/aromatic N) is 4. The van der Waals surface area contributed by atoms with E-state index in [1.165, 1.54) is 198 Å². The predicted octanol–water partition coefficient (Wildman–Crippen LogP) is 27.0. The Hall–Kier alpha value is -13.8. The van der Waals surface area contributed by atoms with Gasteiger partial charge in [-0.1, -0.05) is 273 Å². The average Bonchev–Trinajstić information content (AvgIpc) is 1.50. The van der Waals surface area contributed by atoms with E-state index in [4.69, 9.17) is 0 Å². The van der Waals surface area contributed by atoms with Crippen LogP contribution >= 0.6 is 0 Å². The van der Waals surface area contributed by atoms with Gasteiger partial charge in [-0.3, -0.25) is 0 Å². The van der Waals surface area contributed by atoms with Gasteiger partial charge >= 0.3 is 0 Å². The molecule has 0 bridgehead atoms. The minimum Gasteiger partial charge on any atom is -0.309 e. The summed E-state index contributed by atoms with van der Waals surface area (Å²) >= 11 is 0. The van der Waals surface area contributed by atoms with Crippen molar-refractivity contribution in [2.75, 3.05) is 0 Å². The van der Waals surface area contributed by atoms with E-state index in [0.29, 0.717) is 0 Å². The fraction of sp³-hybridized carbons (Fsp3) is 0. The van der Waals surface area contributed by atoms with Crippen molar-refractivity contribution < 1.29 is 0 Å². The largest absolute Gasteiger partial charge is 0.309 e. The predicted molar refractivity (Wildman–Crippen MR) is 442 cm³/mol. The Labute approximate surface area is 600 Å². The Kier molecular flexibility index (Phi) is 13.6. The highest BCUT2D eigenvalue weighted by molar-refractivity contribution is 6.26. The molecule has 22 rings (SSSR count). The van der Waals surface area contributed by atoms with E-state index in [2.05, 4.69) is 407 Å². The second kappa shape index (κ2) is 24.0. The van der Waals surface area contributed by atoms with E-state index < -0.39 is 0 Å². The summed E-state index contributed by atoms with van der Waals surface area (Å²) in [7, 11) is 0. The van der Waals surface area contributed by atoms with E-state index in [9.17, 15) is 0 Å². The maximum atomic E-state index is 2.41. The molecule has 18 aromatic carbocycles. The van der Waals surface area contributed by atoms with Crippen LogP contribution in [0.1, 0.15) is 0 Å². The zero-order valence-corrected chi connectivity index (χ0v) is 56.7. The molecule has 104 heavy (non-hydrogen) atoms. The van der Waals surface area contributed by atoms with Crippen LogP contribution < -0.4 is 0 Å². The molecule has 0 unspecified atom stereocenters. The van der Waals surface area contributed by atoms with E-state index >= 15 is 0 Å². The highest BCUT2D eigenvalue weighted by Gasteiger charge is 2.24. The first-order valence-corrected chi connectivity index (χ1v) is 35.9. The molecule has 0 atom stereocenters. The van der Waals surface area contributed by atoms with Crippen molar-refractivity contribution in [1.29, 1.82) is 0 Å². The molecule has 4 nitrogen and oxygen atoms in total. The van der Waals surface area contributed by atoms with Crippen LogP contribution in [0.5, 0.6) is 0 Å². The molecule has 0 fully saturated rings. The van der Waals surface area contributed by atoms with Gasteiger partial charge in [-0.15, -0.1) is 0 Å². The molecule has 0 saturated carbocycles. The quantitative estimate of drug-likeness (QED) is 0.135. The highest BCUT2D eigenvalue weighted by Crippen LogP contribution is 2.49. The third kappa shape index (κ3) is 9.19. The monoisotopic (exact) mass is 1320 g/mol. The van der Waals surface area contributed by atoms with Gasteiger partial charge in [0.15, 0.2) is 0 Å². The highest BCUT2D eigenvalue weighted by atomic mass is 15.0. The molecule has 0 radical (unpaired) electrons. The van der Waals surface area contributed by atoms with Crippen LogP contribution in [-0.4, -0.2) is 18.3 Å². The first-order valence-electron chi connectivity index (χ1n) is 35.9. The van der Waals surface area contributed by atoms with Crippen molar-refractivity contribution in [1.82, 2.24) is 18.3 Å². The van der Waals surface area contributed by atoms with Gasteiger partial charge in [0.1, 0.15) is 0 Å². The number of fused-ring (bicyclic) bond motifs is 16. The van der Waals surface area contributed by atoms with Crippen LogP contribution in [0.25, 0.3) is 198 Å². The van der Waals surface area contributed by atoms with Crippen molar-refractivity contribution in [3.8, 4) is 67.3 Å². The van der Waals surface area contributed by atoms with E-state index in [1.807, 2.05) is 0 Å². The molecule has 484 valence electrons. The zero-order valence-electron chi connectivity index (χ0n) is 56.7. The van der Waals surface area contributed by atoms with Crippen molar-refractivity contribution >= 4 is 130 Å². The summed E-state index contributed by atoms with van der Waals surface area (Å²) in [5.41, 5.74) is 24.4. The van der Waals surface area contributed by atoms with Gasteiger partial charge in [0.2, 0.25) is 0 Å². The molecule has 0 saturated heterocycles. The van der Waals surface area contributed by atoms with Gasteiger partial charge < -0.3 is 18.3 Å². The first kappa shape index (κ1) is 59.1. The first-order chi connectivity index (χ1) is 51.7. The third-order valence-electron chi connectivity index (χ3n) is 21.8. The Balaban J connectivity index is 0.000000134. The van der Waals surface area contributed by atoms with E-state index in [0.717, 1.165) is 0 Å². The molecule has 0 amide bonds. The smallest absolute Gasteiger partial charge is 0.0547 e. The lowest BCUT2D eigenvalue weighted by atomic mass is 9.85. The minimum absolute atomic E-state index is 1.17. The van der Waals surface area contributed by atoms with Gasteiger partial charge in [-0.25, -0.2) is 0 Å². The summed E-state index contributed by atoms with van der Waals surface area (Å²) in [6.07, 6.45) is 0. The average molecular weight is 1320 g/mol. The molecule has 0 N–H and O–H groups in total. The molecular formula is C100H64N4. The molecule has 4 aromatic heterocycles. The van der Waals surface area contributed by atoms with Crippen LogP contribution in [0, 0.1) is 0 Å². The SMILES string of the molecule is c1ccc(-n2c3ccccc3c3cc(-c4c5ccccc5c(-c5ccc6c(c5)c5ccccc5n6-c5ccccc5)c5ccccc45)ccc32)cc1.c1ccc(-n2c3ccccc3c3cc(-c4c5ccccc5c(-c5ccc6c7ccccc7n(-c7ccccc7)c6c5)c5ccccc45)ccc32)cc1. The van der Waals surface area contributed by atoms with Crippen molar-refractivity contribution in [2.24, 2.45) is 0 Å². The van der Waals surface area contributed by atoms with Crippen molar-refractivity contribution in [3.63, 3.8) is 0 Å². The van der Waals surface area contributed by atoms with Crippen LogP contribution in [0.4, 0.5) is 0 Å². The number of aromatic nitrogens is 4. The molecule has 0 spiro atoms. The summed E-state index contributed by atoms with van der Waals surface area (Å²) in [6.45, 7) is 0. The Morgan fingerprint density at radius 1 is 0.115 bits per heavy atom. The molecule has 4 heteroatoms. The fourth-order valence-electron chi connectivity index (χ4n) is 17.4. The van der Waals surface area contributed by atoms with Crippen LogP contribution in [0.3, 0.4) is 0 Å². The second-order valence-corrected chi connectivity index (χ2v) is 27.4. The maximum Gasteiger partial charge on any atom is 0.0547 e.